The number of halogens is 3. The van der Waals surface area contributed by atoms with Crippen molar-refractivity contribution in [3.63, 3.8) is 0 Å². The summed E-state index contributed by atoms with van der Waals surface area (Å²) < 4.78 is 14.1. The predicted octanol–water partition coefficient (Wildman–Crippen LogP) is 4.55. The molecule has 0 bridgehead atoms. The molecule has 90 valence electrons. The van der Waals surface area contributed by atoms with Gasteiger partial charge in [0.1, 0.15) is 5.82 Å². The first-order valence-electron chi connectivity index (χ1n) is 5.00. The Morgan fingerprint density at radius 3 is 2.82 bits per heavy atom. The average Bonchev–Trinajstić information content (AvgIpc) is 2.70. The molecule has 0 fully saturated rings. The van der Waals surface area contributed by atoms with Crippen molar-refractivity contribution in [2.75, 3.05) is 0 Å². The molecule has 0 aliphatic rings. The number of hydrogen-bond donors (Lipinski definition) is 1. The van der Waals surface area contributed by atoms with Crippen LogP contribution in [0.15, 0.2) is 34.1 Å². The number of hydrogen-bond acceptors (Lipinski definition) is 2. The van der Waals surface area contributed by atoms with Gasteiger partial charge in [0.05, 0.1) is 0 Å². The van der Waals surface area contributed by atoms with Crippen molar-refractivity contribution in [3.8, 4) is 0 Å². The van der Waals surface area contributed by atoms with Crippen LogP contribution in [-0.4, -0.2) is 0 Å². The highest BCUT2D eigenvalue weighted by Crippen LogP contribution is 2.31. The Bertz CT molecular complexity index is 529. The second-order valence-electron chi connectivity index (χ2n) is 3.68. The Balaban J connectivity index is 2.21. The summed E-state index contributed by atoms with van der Waals surface area (Å²) in [5, 5.41) is 2.52. The molecule has 17 heavy (non-hydrogen) atoms. The maximum Gasteiger partial charge on any atom is 0.123 e. The van der Waals surface area contributed by atoms with Crippen LogP contribution in [0.25, 0.3) is 0 Å². The van der Waals surface area contributed by atoms with E-state index in [1.54, 1.807) is 17.4 Å². The fourth-order valence-corrected chi connectivity index (χ4v) is 3.47. The Kier molecular flexibility index (Phi) is 4.20. The van der Waals surface area contributed by atoms with Gasteiger partial charge in [-0.3, -0.25) is 0 Å². The molecule has 1 unspecified atom stereocenters. The first-order valence-corrected chi connectivity index (χ1v) is 7.05. The number of nitrogens with two attached hydrogens (primary N) is 1. The molecule has 1 nitrogen and oxygen atoms in total. The molecular weight excluding hydrogens is 325 g/mol. The molecule has 0 spiro atoms. The molecule has 1 aromatic carbocycles. The monoisotopic (exact) mass is 333 g/mol. The van der Waals surface area contributed by atoms with Crippen molar-refractivity contribution in [2.24, 2.45) is 5.73 Å². The third-order valence-electron chi connectivity index (χ3n) is 2.43. The van der Waals surface area contributed by atoms with E-state index >= 15 is 0 Å². The highest BCUT2D eigenvalue weighted by Gasteiger charge is 2.14. The summed E-state index contributed by atoms with van der Waals surface area (Å²) in [5.74, 6) is -0.290. The van der Waals surface area contributed by atoms with Gasteiger partial charge in [0.2, 0.25) is 0 Å². The van der Waals surface area contributed by atoms with Crippen LogP contribution in [0, 0.1) is 5.82 Å². The molecular formula is C12H10BrClFNS. The van der Waals surface area contributed by atoms with E-state index in [2.05, 4.69) is 15.9 Å². The first-order chi connectivity index (χ1) is 8.08. The molecule has 0 amide bonds. The molecule has 2 aromatic rings. The minimum absolute atomic E-state index is 0.177. The minimum atomic E-state index is -0.290. The van der Waals surface area contributed by atoms with E-state index in [4.69, 9.17) is 17.3 Å². The molecule has 0 aliphatic heterocycles. The zero-order valence-corrected chi connectivity index (χ0v) is 11.9. The van der Waals surface area contributed by atoms with Crippen molar-refractivity contribution < 1.29 is 4.39 Å². The summed E-state index contributed by atoms with van der Waals surface area (Å²) in [7, 11) is 0. The molecule has 1 heterocycles. The lowest BCUT2D eigenvalue weighted by molar-refractivity contribution is 0.622. The van der Waals surface area contributed by atoms with Gasteiger partial charge in [0, 0.05) is 20.4 Å². The SMILES string of the molecule is NC(Cc1cc(F)ccc1Cl)c1sccc1Br. The predicted molar refractivity (Wildman–Crippen MR) is 74.1 cm³/mol. The highest BCUT2D eigenvalue weighted by molar-refractivity contribution is 9.10. The van der Waals surface area contributed by atoms with Gasteiger partial charge < -0.3 is 5.73 Å². The molecule has 1 aromatic heterocycles. The van der Waals surface area contributed by atoms with E-state index < -0.39 is 0 Å². The minimum Gasteiger partial charge on any atom is -0.323 e. The standard InChI is InChI=1S/C12H10BrClFNS/c13-9-3-4-17-12(9)11(16)6-7-5-8(15)1-2-10(7)14/h1-5,11H,6,16H2. The highest BCUT2D eigenvalue weighted by atomic mass is 79.9. The van der Waals surface area contributed by atoms with Crippen LogP contribution >= 0.6 is 38.9 Å². The summed E-state index contributed by atoms with van der Waals surface area (Å²) in [4.78, 5) is 1.05. The van der Waals surface area contributed by atoms with Crippen LogP contribution in [0.1, 0.15) is 16.5 Å². The third kappa shape index (κ3) is 3.07. The van der Waals surface area contributed by atoms with Crippen LogP contribution in [0.5, 0.6) is 0 Å². The van der Waals surface area contributed by atoms with Crippen LogP contribution in [-0.2, 0) is 6.42 Å². The molecule has 0 saturated carbocycles. The smallest absolute Gasteiger partial charge is 0.123 e. The van der Waals surface area contributed by atoms with Crippen molar-refractivity contribution in [1.82, 2.24) is 0 Å². The fraction of sp³-hybridized carbons (Fsp3) is 0.167. The molecule has 0 radical (unpaired) electrons. The lowest BCUT2D eigenvalue weighted by atomic mass is 10.1. The lowest BCUT2D eigenvalue weighted by Gasteiger charge is -2.12. The van der Waals surface area contributed by atoms with Crippen molar-refractivity contribution in [2.45, 2.75) is 12.5 Å². The van der Waals surface area contributed by atoms with Crippen molar-refractivity contribution in [3.05, 3.63) is 55.4 Å². The Morgan fingerprint density at radius 2 is 2.18 bits per heavy atom. The maximum absolute atomic E-state index is 13.1. The van der Waals surface area contributed by atoms with Gasteiger partial charge >= 0.3 is 0 Å². The summed E-state index contributed by atoms with van der Waals surface area (Å²) in [6.45, 7) is 0. The van der Waals surface area contributed by atoms with Gasteiger partial charge in [-0.1, -0.05) is 11.6 Å². The number of thiophene rings is 1. The summed E-state index contributed by atoms with van der Waals surface area (Å²) in [5.41, 5.74) is 6.83. The third-order valence-corrected chi connectivity index (χ3v) is 4.80. The quantitative estimate of drug-likeness (QED) is 0.876. The summed E-state index contributed by atoms with van der Waals surface area (Å²) in [6, 6.07) is 6.11. The van der Waals surface area contributed by atoms with Gasteiger partial charge in [-0.25, -0.2) is 4.39 Å². The maximum atomic E-state index is 13.1. The second kappa shape index (κ2) is 5.48. The molecule has 1 atom stereocenters. The molecule has 2 N–H and O–H groups in total. The van der Waals surface area contributed by atoms with E-state index in [9.17, 15) is 4.39 Å². The summed E-state index contributed by atoms with van der Waals surface area (Å²) in [6.07, 6.45) is 0.524. The molecule has 0 aliphatic carbocycles. The van der Waals surface area contributed by atoms with Crippen molar-refractivity contribution in [1.29, 1.82) is 0 Å². The second-order valence-corrected chi connectivity index (χ2v) is 5.89. The van der Waals surface area contributed by atoms with E-state index in [0.717, 1.165) is 14.9 Å². The van der Waals surface area contributed by atoms with E-state index in [1.165, 1.54) is 12.1 Å². The molecule has 5 heteroatoms. The van der Waals surface area contributed by atoms with Gasteiger partial charge in [0.25, 0.3) is 0 Å². The molecule has 2 rings (SSSR count). The lowest BCUT2D eigenvalue weighted by Crippen LogP contribution is -2.12. The van der Waals surface area contributed by atoms with Crippen molar-refractivity contribution >= 4 is 38.9 Å². The summed E-state index contributed by atoms with van der Waals surface area (Å²) >= 11 is 11.0. The topological polar surface area (TPSA) is 26.0 Å². The van der Waals surface area contributed by atoms with E-state index in [0.29, 0.717) is 11.4 Å². The van der Waals surface area contributed by atoms with E-state index in [1.807, 2.05) is 11.4 Å². The van der Waals surface area contributed by atoms with Crippen LogP contribution in [0.4, 0.5) is 4.39 Å². The molecule has 0 saturated heterocycles. The average molecular weight is 335 g/mol. The largest absolute Gasteiger partial charge is 0.323 e. The number of benzene rings is 1. The zero-order chi connectivity index (χ0) is 12.4. The first kappa shape index (κ1) is 13.0. The number of rotatable bonds is 3. The van der Waals surface area contributed by atoms with Crippen LogP contribution in [0.3, 0.4) is 0 Å². The van der Waals surface area contributed by atoms with Gasteiger partial charge in [-0.05, 0) is 57.6 Å². The normalized spacial score (nSPS) is 12.7. The Labute approximate surface area is 117 Å². The van der Waals surface area contributed by atoms with Gasteiger partial charge in [-0.2, -0.15) is 0 Å². The zero-order valence-electron chi connectivity index (χ0n) is 8.79. The fourth-order valence-electron chi connectivity index (χ4n) is 1.60. The Hall–Kier alpha value is -0.420. The van der Waals surface area contributed by atoms with Gasteiger partial charge in [-0.15, -0.1) is 11.3 Å². The van der Waals surface area contributed by atoms with Crippen LogP contribution < -0.4 is 5.73 Å². The Morgan fingerprint density at radius 1 is 1.41 bits per heavy atom. The van der Waals surface area contributed by atoms with Gasteiger partial charge in [0.15, 0.2) is 0 Å². The van der Waals surface area contributed by atoms with E-state index in [-0.39, 0.29) is 11.9 Å². The van der Waals surface area contributed by atoms with Crippen LogP contribution in [0.2, 0.25) is 5.02 Å².